The van der Waals surface area contributed by atoms with E-state index in [4.69, 9.17) is 10.5 Å². The summed E-state index contributed by atoms with van der Waals surface area (Å²) in [5, 5.41) is 0. The van der Waals surface area contributed by atoms with Crippen LogP contribution in [0.5, 0.6) is 0 Å². The predicted octanol–water partition coefficient (Wildman–Crippen LogP) is 3.63. The van der Waals surface area contributed by atoms with Crippen LogP contribution in [0.2, 0.25) is 0 Å². The molecule has 0 aliphatic carbocycles. The van der Waals surface area contributed by atoms with E-state index in [0.717, 1.165) is 17.5 Å². The van der Waals surface area contributed by atoms with Crippen molar-refractivity contribution in [2.24, 2.45) is 5.73 Å². The number of rotatable bonds is 4. The maximum atomic E-state index is 12.7. The molecule has 0 saturated heterocycles. The summed E-state index contributed by atoms with van der Waals surface area (Å²) < 4.78 is 5.41. The highest BCUT2D eigenvalue weighted by molar-refractivity contribution is 5.71. The lowest BCUT2D eigenvalue weighted by atomic mass is 9.88. The fourth-order valence-corrected chi connectivity index (χ4v) is 3.15. The van der Waals surface area contributed by atoms with Gasteiger partial charge in [-0.15, -0.1) is 0 Å². The van der Waals surface area contributed by atoms with Gasteiger partial charge in [0, 0.05) is 13.0 Å². The summed E-state index contributed by atoms with van der Waals surface area (Å²) in [6.45, 7) is 4.80. The molecule has 3 rings (SSSR count). The Balaban J connectivity index is 1.94. The molecule has 4 nitrogen and oxygen atoms in total. The van der Waals surface area contributed by atoms with Crippen LogP contribution in [0.1, 0.15) is 29.2 Å². The van der Waals surface area contributed by atoms with Crippen molar-refractivity contribution in [1.82, 2.24) is 4.90 Å². The van der Waals surface area contributed by atoms with E-state index in [0.29, 0.717) is 25.3 Å². The number of hydrogen-bond donors (Lipinski definition) is 1. The molecule has 0 fully saturated rings. The molecule has 2 aromatic rings. The van der Waals surface area contributed by atoms with Crippen molar-refractivity contribution in [3.63, 3.8) is 0 Å². The molecule has 0 unspecified atom stereocenters. The molecule has 0 aromatic heterocycles. The van der Waals surface area contributed by atoms with Crippen molar-refractivity contribution in [3.05, 3.63) is 83.6 Å². The topological polar surface area (TPSA) is 55.6 Å². The van der Waals surface area contributed by atoms with E-state index in [9.17, 15) is 4.79 Å². The number of carbonyl (C=O) groups excluding carboxylic acids is 1. The minimum absolute atomic E-state index is 0.144. The lowest BCUT2D eigenvalue weighted by Gasteiger charge is -2.37. The average molecular weight is 322 g/mol. The van der Waals surface area contributed by atoms with Crippen molar-refractivity contribution < 1.29 is 9.53 Å². The lowest BCUT2D eigenvalue weighted by molar-refractivity contribution is 0.112. The van der Waals surface area contributed by atoms with E-state index in [-0.39, 0.29) is 12.1 Å². The molecule has 2 N–H and O–H groups in total. The highest BCUT2D eigenvalue weighted by Gasteiger charge is 2.33. The van der Waals surface area contributed by atoms with Gasteiger partial charge in [0.2, 0.25) is 0 Å². The molecule has 1 aliphatic heterocycles. The fourth-order valence-electron chi connectivity index (χ4n) is 3.15. The van der Waals surface area contributed by atoms with Gasteiger partial charge in [-0.25, -0.2) is 4.79 Å². The number of benzene rings is 2. The summed E-state index contributed by atoms with van der Waals surface area (Å²) in [4.78, 5) is 14.5. The summed E-state index contributed by atoms with van der Waals surface area (Å²) in [5.74, 6) is 0.410. The average Bonchev–Trinajstić information content (AvgIpc) is 2.61. The Labute approximate surface area is 142 Å². The van der Waals surface area contributed by atoms with Crippen molar-refractivity contribution in [3.8, 4) is 0 Å². The first-order valence-corrected chi connectivity index (χ1v) is 8.19. The van der Waals surface area contributed by atoms with E-state index in [2.05, 4.69) is 18.7 Å². The van der Waals surface area contributed by atoms with Gasteiger partial charge in [0.1, 0.15) is 5.76 Å². The molecule has 1 aliphatic rings. The second kappa shape index (κ2) is 7.32. The highest BCUT2D eigenvalue weighted by atomic mass is 16.6. The SMILES string of the molecule is C=C(CCN)OC(=O)N1CCc2ccccc2[C@@H]1c1ccccc1. The van der Waals surface area contributed by atoms with Crippen LogP contribution in [0.3, 0.4) is 0 Å². The summed E-state index contributed by atoms with van der Waals surface area (Å²) in [7, 11) is 0. The molecule has 0 saturated carbocycles. The molecule has 1 heterocycles. The summed E-state index contributed by atoms with van der Waals surface area (Å²) in [6, 6.07) is 18.2. The number of carbonyl (C=O) groups is 1. The van der Waals surface area contributed by atoms with Gasteiger partial charge in [-0.1, -0.05) is 61.2 Å². The Morgan fingerprint density at radius 3 is 2.62 bits per heavy atom. The third kappa shape index (κ3) is 3.34. The Morgan fingerprint density at radius 2 is 1.88 bits per heavy atom. The fraction of sp³-hybridized carbons (Fsp3) is 0.250. The number of nitrogens with zero attached hydrogens (tertiary/aromatic N) is 1. The van der Waals surface area contributed by atoms with Crippen LogP contribution >= 0.6 is 0 Å². The zero-order valence-corrected chi connectivity index (χ0v) is 13.7. The van der Waals surface area contributed by atoms with Gasteiger partial charge in [0.25, 0.3) is 0 Å². The molecular weight excluding hydrogens is 300 g/mol. The zero-order chi connectivity index (χ0) is 16.9. The van der Waals surface area contributed by atoms with Crippen LogP contribution in [-0.4, -0.2) is 24.1 Å². The zero-order valence-electron chi connectivity index (χ0n) is 13.7. The molecule has 24 heavy (non-hydrogen) atoms. The molecule has 0 radical (unpaired) electrons. The van der Waals surface area contributed by atoms with E-state index in [1.54, 1.807) is 4.90 Å². The van der Waals surface area contributed by atoms with Crippen LogP contribution < -0.4 is 5.73 Å². The van der Waals surface area contributed by atoms with Crippen LogP contribution in [0.25, 0.3) is 0 Å². The van der Waals surface area contributed by atoms with Crippen LogP contribution in [0, 0.1) is 0 Å². The van der Waals surface area contributed by atoms with E-state index < -0.39 is 0 Å². The predicted molar refractivity (Wildman–Crippen MR) is 94.4 cm³/mol. The number of nitrogens with two attached hydrogens (primary N) is 1. The molecule has 124 valence electrons. The van der Waals surface area contributed by atoms with Crippen LogP contribution in [-0.2, 0) is 11.2 Å². The van der Waals surface area contributed by atoms with Crippen molar-refractivity contribution >= 4 is 6.09 Å². The van der Waals surface area contributed by atoms with E-state index in [1.807, 2.05) is 42.5 Å². The maximum absolute atomic E-state index is 12.7. The van der Waals surface area contributed by atoms with Gasteiger partial charge < -0.3 is 10.5 Å². The largest absolute Gasteiger partial charge is 0.415 e. The van der Waals surface area contributed by atoms with Gasteiger partial charge in [0.05, 0.1) is 6.04 Å². The quantitative estimate of drug-likeness (QED) is 0.875. The van der Waals surface area contributed by atoms with Crippen molar-refractivity contribution in [2.45, 2.75) is 18.9 Å². The van der Waals surface area contributed by atoms with E-state index in [1.165, 1.54) is 5.56 Å². The smallest absolute Gasteiger partial charge is 0.415 e. The number of ether oxygens (including phenoxy) is 1. The van der Waals surface area contributed by atoms with Crippen LogP contribution in [0.4, 0.5) is 4.79 Å². The number of amides is 1. The van der Waals surface area contributed by atoms with Crippen molar-refractivity contribution in [2.75, 3.05) is 13.1 Å². The summed E-state index contributed by atoms with van der Waals surface area (Å²) in [6.07, 6.45) is 0.932. The first kappa shape index (κ1) is 16.3. The minimum Gasteiger partial charge on any atom is -0.415 e. The molecule has 0 spiro atoms. The molecule has 1 atom stereocenters. The van der Waals surface area contributed by atoms with Gasteiger partial charge in [-0.05, 0) is 29.7 Å². The van der Waals surface area contributed by atoms with Gasteiger partial charge in [0.15, 0.2) is 0 Å². The molecule has 2 aromatic carbocycles. The second-order valence-electron chi connectivity index (χ2n) is 5.90. The monoisotopic (exact) mass is 322 g/mol. The summed E-state index contributed by atoms with van der Waals surface area (Å²) in [5.41, 5.74) is 9.00. The highest BCUT2D eigenvalue weighted by Crippen LogP contribution is 2.35. The lowest BCUT2D eigenvalue weighted by Crippen LogP contribution is -2.40. The maximum Gasteiger partial charge on any atom is 0.415 e. The van der Waals surface area contributed by atoms with Crippen molar-refractivity contribution in [1.29, 1.82) is 0 Å². The van der Waals surface area contributed by atoms with Gasteiger partial charge in [-0.3, -0.25) is 4.90 Å². The van der Waals surface area contributed by atoms with Gasteiger partial charge in [-0.2, -0.15) is 0 Å². The Morgan fingerprint density at radius 1 is 1.17 bits per heavy atom. The van der Waals surface area contributed by atoms with E-state index >= 15 is 0 Å². The van der Waals surface area contributed by atoms with Gasteiger partial charge >= 0.3 is 6.09 Å². The first-order valence-electron chi connectivity index (χ1n) is 8.19. The normalized spacial score (nSPS) is 16.4. The molecule has 0 bridgehead atoms. The Kier molecular flexibility index (Phi) is 4.96. The summed E-state index contributed by atoms with van der Waals surface area (Å²) >= 11 is 0. The molecule has 4 heteroatoms. The minimum atomic E-state index is -0.364. The number of fused-ring (bicyclic) bond motifs is 1. The third-order valence-corrected chi connectivity index (χ3v) is 4.29. The Hall–Kier alpha value is -2.59. The second-order valence-corrected chi connectivity index (χ2v) is 5.90. The standard InChI is InChI=1S/C20H22N2O2/c1-15(11-13-21)24-20(23)22-14-12-16-7-5-6-10-18(16)19(22)17-8-3-2-4-9-17/h2-10,19H,1,11-14,21H2/t19-/m0/s1. The third-order valence-electron chi connectivity index (χ3n) is 4.29. The molecule has 1 amide bonds. The van der Waals surface area contributed by atoms with Crippen LogP contribution in [0.15, 0.2) is 66.9 Å². The Bertz CT molecular complexity index is 727. The molecular formula is C20H22N2O2. The number of hydrogen-bond acceptors (Lipinski definition) is 3. The first-order chi connectivity index (χ1) is 11.7.